The number of carbonyl (C=O) groups is 1. The van der Waals surface area contributed by atoms with Crippen LogP contribution >= 0.6 is 11.6 Å². The number of aromatic carboxylic acids is 1. The van der Waals surface area contributed by atoms with Crippen LogP contribution in [0.2, 0.25) is 5.02 Å². The Morgan fingerprint density at radius 1 is 1.24 bits per heavy atom. The molecule has 0 amide bonds. The van der Waals surface area contributed by atoms with E-state index in [4.69, 9.17) is 30.6 Å². The lowest BCUT2D eigenvalue weighted by Crippen LogP contribution is -2.15. The third-order valence-electron chi connectivity index (χ3n) is 2.96. The highest BCUT2D eigenvalue weighted by atomic mass is 35.5. The van der Waals surface area contributed by atoms with E-state index in [2.05, 4.69) is 5.32 Å². The molecule has 0 radical (unpaired) electrons. The zero-order chi connectivity index (χ0) is 14.8. The quantitative estimate of drug-likeness (QED) is 0.903. The topological polar surface area (TPSA) is 80.9 Å². The molecule has 2 aromatic rings. The number of benzene rings is 1. The molecule has 0 fully saturated rings. The highest BCUT2D eigenvalue weighted by molar-refractivity contribution is 6.33. The molecule has 2 N–H and O–H groups in total. The number of carboxylic acids is 1. The molecule has 1 aromatic carbocycles. The first-order chi connectivity index (χ1) is 10.1. The summed E-state index contributed by atoms with van der Waals surface area (Å²) < 4.78 is 16.1. The van der Waals surface area contributed by atoms with Crippen LogP contribution in [-0.2, 0) is 6.54 Å². The number of halogens is 1. The van der Waals surface area contributed by atoms with E-state index < -0.39 is 5.97 Å². The van der Waals surface area contributed by atoms with Gasteiger partial charge in [-0.15, -0.1) is 0 Å². The minimum absolute atomic E-state index is 0.0972. The van der Waals surface area contributed by atoms with Crippen molar-refractivity contribution in [2.24, 2.45) is 0 Å². The molecule has 110 valence electrons. The molecule has 2 heterocycles. The maximum atomic E-state index is 10.7. The highest BCUT2D eigenvalue weighted by Crippen LogP contribution is 2.38. The molecular formula is C14H12ClNO5. The molecule has 21 heavy (non-hydrogen) atoms. The van der Waals surface area contributed by atoms with Crippen LogP contribution < -0.4 is 14.8 Å². The number of furan rings is 1. The zero-order valence-electron chi connectivity index (χ0n) is 10.9. The van der Waals surface area contributed by atoms with E-state index >= 15 is 0 Å². The zero-order valence-corrected chi connectivity index (χ0v) is 11.6. The fraction of sp³-hybridized carbons (Fsp3) is 0.214. The van der Waals surface area contributed by atoms with Gasteiger partial charge in [0.15, 0.2) is 11.5 Å². The summed E-state index contributed by atoms with van der Waals surface area (Å²) in [5, 5.41) is 12.4. The molecule has 1 aliphatic heterocycles. The van der Waals surface area contributed by atoms with Gasteiger partial charge in [0.25, 0.3) is 0 Å². The van der Waals surface area contributed by atoms with Crippen LogP contribution in [0.3, 0.4) is 0 Å². The van der Waals surface area contributed by atoms with Crippen molar-refractivity contribution in [2.45, 2.75) is 6.54 Å². The van der Waals surface area contributed by atoms with Crippen molar-refractivity contribution in [1.29, 1.82) is 0 Å². The Bertz CT molecular complexity index is 682. The maximum absolute atomic E-state index is 10.7. The summed E-state index contributed by atoms with van der Waals surface area (Å²) in [6, 6.07) is 6.44. The van der Waals surface area contributed by atoms with Gasteiger partial charge < -0.3 is 24.3 Å². The average molecular weight is 310 g/mol. The summed E-state index contributed by atoms with van der Waals surface area (Å²) in [6.07, 6.45) is 0. The molecule has 0 atom stereocenters. The van der Waals surface area contributed by atoms with Crippen molar-refractivity contribution in [2.75, 3.05) is 18.5 Å². The normalized spacial score (nSPS) is 13.0. The van der Waals surface area contributed by atoms with Crippen LogP contribution in [-0.4, -0.2) is 24.3 Å². The number of nitrogens with one attached hydrogen (secondary N) is 1. The van der Waals surface area contributed by atoms with Crippen LogP contribution in [0, 0.1) is 0 Å². The predicted octanol–water partition coefficient (Wildman–Crippen LogP) is 3.01. The molecule has 1 aromatic heterocycles. The fourth-order valence-corrected chi connectivity index (χ4v) is 2.19. The van der Waals surface area contributed by atoms with Crippen LogP contribution in [0.4, 0.5) is 5.69 Å². The first kappa shape index (κ1) is 13.6. The number of hydrogen-bond acceptors (Lipinski definition) is 5. The Morgan fingerprint density at radius 2 is 1.95 bits per heavy atom. The van der Waals surface area contributed by atoms with E-state index in [0.717, 1.165) is 0 Å². The Balaban J connectivity index is 1.73. The van der Waals surface area contributed by atoms with Gasteiger partial charge in [0.1, 0.15) is 19.0 Å². The second-order valence-corrected chi connectivity index (χ2v) is 4.81. The van der Waals surface area contributed by atoms with Crippen LogP contribution in [0.5, 0.6) is 11.5 Å². The molecule has 7 heteroatoms. The molecule has 1 aliphatic rings. The number of ether oxygens (including phenoxy) is 2. The van der Waals surface area contributed by atoms with Crippen molar-refractivity contribution in [3.05, 3.63) is 40.8 Å². The molecule has 3 rings (SSSR count). The number of fused-ring (bicyclic) bond motifs is 1. The second kappa shape index (κ2) is 5.57. The van der Waals surface area contributed by atoms with Crippen LogP contribution in [0.15, 0.2) is 28.7 Å². The number of carboxylic acid groups (broad SMARTS) is 1. The van der Waals surface area contributed by atoms with Gasteiger partial charge in [-0.25, -0.2) is 4.79 Å². The molecular weight excluding hydrogens is 298 g/mol. The first-order valence-electron chi connectivity index (χ1n) is 6.28. The van der Waals surface area contributed by atoms with Gasteiger partial charge in [-0.2, -0.15) is 0 Å². The highest BCUT2D eigenvalue weighted by Gasteiger charge is 2.15. The molecule has 0 aliphatic carbocycles. The SMILES string of the molecule is O=C(O)c1ccc(CNc2cc3c(cc2Cl)OCCO3)o1. The average Bonchev–Trinajstić information content (AvgIpc) is 2.94. The van der Waals surface area contributed by atoms with Gasteiger partial charge in [-0.05, 0) is 12.1 Å². The Morgan fingerprint density at radius 3 is 2.62 bits per heavy atom. The van der Waals surface area contributed by atoms with Gasteiger partial charge in [-0.1, -0.05) is 11.6 Å². The smallest absolute Gasteiger partial charge is 0.371 e. The lowest BCUT2D eigenvalue weighted by molar-refractivity contribution is 0.0660. The van der Waals surface area contributed by atoms with E-state index in [1.165, 1.54) is 6.07 Å². The van der Waals surface area contributed by atoms with Crippen molar-refractivity contribution in [3.63, 3.8) is 0 Å². The Hall–Kier alpha value is -2.34. The van der Waals surface area contributed by atoms with Crippen LogP contribution in [0.25, 0.3) is 0 Å². The summed E-state index contributed by atoms with van der Waals surface area (Å²) in [4.78, 5) is 10.7. The molecule has 0 saturated carbocycles. The van der Waals surface area contributed by atoms with E-state index in [1.807, 2.05) is 0 Å². The van der Waals surface area contributed by atoms with Crippen molar-refractivity contribution < 1.29 is 23.8 Å². The molecule has 6 nitrogen and oxygen atoms in total. The number of hydrogen-bond donors (Lipinski definition) is 2. The minimum atomic E-state index is -1.10. The summed E-state index contributed by atoms with van der Waals surface area (Å²) >= 11 is 6.16. The Kier molecular flexibility index (Phi) is 3.62. The van der Waals surface area contributed by atoms with E-state index in [0.29, 0.717) is 47.7 Å². The molecule has 0 spiro atoms. The summed E-state index contributed by atoms with van der Waals surface area (Å²) in [7, 11) is 0. The number of anilines is 1. The predicted molar refractivity (Wildman–Crippen MR) is 75.4 cm³/mol. The van der Waals surface area contributed by atoms with E-state index in [1.54, 1.807) is 18.2 Å². The van der Waals surface area contributed by atoms with Gasteiger partial charge in [0, 0.05) is 12.1 Å². The summed E-state index contributed by atoms with van der Waals surface area (Å²) in [5.41, 5.74) is 0.661. The summed E-state index contributed by atoms with van der Waals surface area (Å²) in [5.74, 6) is 0.541. The molecule has 0 bridgehead atoms. The molecule has 0 saturated heterocycles. The maximum Gasteiger partial charge on any atom is 0.371 e. The Labute approximate surface area is 125 Å². The van der Waals surface area contributed by atoms with E-state index in [-0.39, 0.29) is 5.76 Å². The fourth-order valence-electron chi connectivity index (χ4n) is 1.97. The minimum Gasteiger partial charge on any atom is -0.486 e. The monoisotopic (exact) mass is 309 g/mol. The van der Waals surface area contributed by atoms with Gasteiger partial charge in [-0.3, -0.25) is 0 Å². The largest absolute Gasteiger partial charge is 0.486 e. The summed E-state index contributed by atoms with van der Waals surface area (Å²) in [6.45, 7) is 1.31. The van der Waals surface area contributed by atoms with E-state index in [9.17, 15) is 4.79 Å². The number of rotatable bonds is 4. The second-order valence-electron chi connectivity index (χ2n) is 4.40. The van der Waals surface area contributed by atoms with Crippen molar-refractivity contribution in [1.82, 2.24) is 0 Å². The van der Waals surface area contributed by atoms with Crippen molar-refractivity contribution in [3.8, 4) is 11.5 Å². The molecule has 0 unspecified atom stereocenters. The standard InChI is InChI=1S/C14H12ClNO5/c15-9-5-12-13(20-4-3-19-12)6-10(9)16-7-8-1-2-11(21-8)14(17)18/h1-2,5-6,16H,3-4,7H2,(H,17,18). The van der Waals surface area contributed by atoms with Gasteiger partial charge in [0.2, 0.25) is 5.76 Å². The first-order valence-corrected chi connectivity index (χ1v) is 6.66. The lowest BCUT2D eigenvalue weighted by Gasteiger charge is -2.20. The van der Waals surface area contributed by atoms with Gasteiger partial charge >= 0.3 is 5.97 Å². The van der Waals surface area contributed by atoms with Crippen LogP contribution in [0.1, 0.15) is 16.3 Å². The lowest BCUT2D eigenvalue weighted by atomic mass is 10.2. The third-order valence-corrected chi connectivity index (χ3v) is 3.27. The van der Waals surface area contributed by atoms with Gasteiger partial charge in [0.05, 0.1) is 17.3 Å². The van der Waals surface area contributed by atoms with Crippen molar-refractivity contribution >= 4 is 23.3 Å². The third kappa shape index (κ3) is 2.90.